The molecule has 26 heavy (non-hydrogen) atoms. The number of thiophene rings is 1. The van der Waals surface area contributed by atoms with Crippen LogP contribution in [0.1, 0.15) is 54.2 Å². The van der Waals surface area contributed by atoms with E-state index in [-0.39, 0.29) is 0 Å². The van der Waals surface area contributed by atoms with Gasteiger partial charge in [0.05, 0.1) is 0 Å². The molecule has 1 aromatic heterocycles. The number of fused-ring (bicyclic) bond motifs is 2. The van der Waals surface area contributed by atoms with Crippen LogP contribution in [-0.2, 0) is 4.79 Å². The second kappa shape index (κ2) is 7.73. The van der Waals surface area contributed by atoms with E-state index in [1.54, 1.807) is 12.5 Å². The number of likely N-dealkylation sites (tertiary alicyclic amines) is 1. The van der Waals surface area contributed by atoms with Gasteiger partial charge in [0.2, 0.25) is 0 Å². The van der Waals surface area contributed by atoms with Crippen molar-refractivity contribution in [1.82, 2.24) is 4.90 Å². The summed E-state index contributed by atoms with van der Waals surface area (Å²) in [7, 11) is 0. The molecule has 1 saturated heterocycles. The Kier molecular flexibility index (Phi) is 5.18. The SMILES string of the molecule is CC(=O)CCCN1CCC(=C2c3ccccc3C=Cc3sccc32)CC1. The third-order valence-corrected chi connectivity index (χ3v) is 6.31. The van der Waals surface area contributed by atoms with Crippen LogP contribution in [0.15, 0.2) is 41.3 Å². The minimum absolute atomic E-state index is 0.303. The van der Waals surface area contributed by atoms with Gasteiger partial charge in [-0.3, -0.25) is 0 Å². The molecule has 1 aromatic carbocycles. The smallest absolute Gasteiger partial charge is 0.129 e. The summed E-state index contributed by atoms with van der Waals surface area (Å²) < 4.78 is 0. The summed E-state index contributed by atoms with van der Waals surface area (Å²) in [6, 6.07) is 11.1. The highest BCUT2D eigenvalue weighted by Gasteiger charge is 2.22. The number of rotatable bonds is 4. The molecule has 134 valence electrons. The van der Waals surface area contributed by atoms with Gasteiger partial charge in [0.1, 0.15) is 5.78 Å². The van der Waals surface area contributed by atoms with Gasteiger partial charge in [-0.25, -0.2) is 0 Å². The molecule has 2 aliphatic rings. The fourth-order valence-corrected chi connectivity index (χ4v) is 4.86. The van der Waals surface area contributed by atoms with Gasteiger partial charge < -0.3 is 9.69 Å². The third kappa shape index (κ3) is 3.60. The lowest BCUT2D eigenvalue weighted by molar-refractivity contribution is -0.117. The van der Waals surface area contributed by atoms with Crippen LogP contribution >= 0.6 is 11.3 Å². The van der Waals surface area contributed by atoms with Crippen molar-refractivity contribution in [2.24, 2.45) is 0 Å². The van der Waals surface area contributed by atoms with Gasteiger partial charge >= 0.3 is 0 Å². The van der Waals surface area contributed by atoms with Crippen molar-refractivity contribution in [2.45, 2.75) is 32.6 Å². The Morgan fingerprint density at radius 2 is 1.88 bits per heavy atom. The molecule has 4 rings (SSSR count). The van der Waals surface area contributed by atoms with Crippen LogP contribution in [0, 0.1) is 0 Å². The molecule has 0 spiro atoms. The topological polar surface area (TPSA) is 20.3 Å². The molecule has 2 heterocycles. The van der Waals surface area contributed by atoms with Crippen molar-refractivity contribution in [3.05, 3.63) is 62.9 Å². The minimum Gasteiger partial charge on any atom is -0.303 e. The van der Waals surface area contributed by atoms with Gasteiger partial charge in [0.25, 0.3) is 0 Å². The lowest BCUT2D eigenvalue weighted by Gasteiger charge is -2.30. The van der Waals surface area contributed by atoms with Crippen molar-refractivity contribution < 1.29 is 4.79 Å². The number of piperidine rings is 1. The zero-order valence-electron chi connectivity index (χ0n) is 15.3. The summed E-state index contributed by atoms with van der Waals surface area (Å²) >= 11 is 1.83. The average molecular weight is 364 g/mol. The van der Waals surface area contributed by atoms with Crippen LogP contribution in [0.25, 0.3) is 17.7 Å². The van der Waals surface area contributed by atoms with E-state index >= 15 is 0 Å². The molecule has 0 N–H and O–H groups in total. The first kappa shape index (κ1) is 17.4. The molecule has 0 radical (unpaired) electrons. The van der Waals surface area contributed by atoms with Crippen LogP contribution in [0.2, 0.25) is 0 Å². The molecular weight excluding hydrogens is 338 g/mol. The van der Waals surface area contributed by atoms with Gasteiger partial charge in [-0.15, -0.1) is 11.3 Å². The Balaban J connectivity index is 1.60. The molecule has 0 atom stereocenters. The Hall–Kier alpha value is -1.97. The largest absolute Gasteiger partial charge is 0.303 e. The van der Waals surface area contributed by atoms with Gasteiger partial charge in [-0.1, -0.05) is 35.9 Å². The average Bonchev–Trinajstić information content (AvgIpc) is 3.04. The second-order valence-corrected chi connectivity index (χ2v) is 8.19. The van der Waals surface area contributed by atoms with E-state index in [1.807, 2.05) is 11.3 Å². The highest BCUT2D eigenvalue weighted by molar-refractivity contribution is 7.11. The lowest BCUT2D eigenvalue weighted by Crippen LogP contribution is -2.32. The standard InChI is InChI=1S/C23H25NOS/c1-17(25)5-4-13-24-14-10-19(11-15-24)23-20-7-3-2-6-18(20)8-9-22-21(23)12-16-26-22/h2-3,6-9,12,16H,4-5,10-11,13-15H2,1H3. The number of hydrogen-bond acceptors (Lipinski definition) is 3. The molecule has 0 unspecified atom stereocenters. The van der Waals surface area contributed by atoms with Crippen LogP contribution in [0.4, 0.5) is 0 Å². The van der Waals surface area contributed by atoms with E-state index in [0.717, 1.165) is 38.9 Å². The van der Waals surface area contributed by atoms with E-state index < -0.39 is 0 Å². The summed E-state index contributed by atoms with van der Waals surface area (Å²) in [6.45, 7) is 4.94. The van der Waals surface area contributed by atoms with Crippen LogP contribution in [0.3, 0.4) is 0 Å². The van der Waals surface area contributed by atoms with Gasteiger partial charge in [-0.2, -0.15) is 0 Å². The molecule has 1 aliphatic heterocycles. The van der Waals surface area contributed by atoms with E-state index in [0.29, 0.717) is 12.2 Å². The highest BCUT2D eigenvalue weighted by atomic mass is 32.1. The van der Waals surface area contributed by atoms with Crippen LogP contribution < -0.4 is 0 Å². The molecule has 3 heteroatoms. The number of hydrogen-bond donors (Lipinski definition) is 0. The van der Waals surface area contributed by atoms with Gasteiger partial charge in [0.15, 0.2) is 0 Å². The van der Waals surface area contributed by atoms with Gasteiger partial charge in [-0.05, 0) is 67.0 Å². The van der Waals surface area contributed by atoms with Gasteiger partial charge in [0, 0.05) is 30.0 Å². The Labute approximate surface area is 159 Å². The number of ketones is 1. The molecule has 0 amide bonds. The maximum atomic E-state index is 11.2. The normalized spacial score (nSPS) is 17.0. The maximum absolute atomic E-state index is 11.2. The summed E-state index contributed by atoms with van der Waals surface area (Å²) in [5, 5.41) is 2.21. The first-order valence-corrected chi connectivity index (χ1v) is 10.4. The maximum Gasteiger partial charge on any atom is 0.129 e. The van der Waals surface area contributed by atoms with E-state index in [9.17, 15) is 4.79 Å². The van der Waals surface area contributed by atoms with E-state index in [4.69, 9.17) is 0 Å². The van der Waals surface area contributed by atoms with E-state index in [2.05, 4.69) is 52.8 Å². The fraction of sp³-hybridized carbons (Fsp3) is 0.348. The van der Waals surface area contributed by atoms with Crippen molar-refractivity contribution in [3.63, 3.8) is 0 Å². The third-order valence-electron chi connectivity index (χ3n) is 5.43. The van der Waals surface area contributed by atoms with Crippen molar-refractivity contribution >= 4 is 34.8 Å². The molecule has 0 saturated carbocycles. The number of carbonyl (C=O) groups is 1. The summed E-state index contributed by atoms with van der Waals surface area (Å²) in [6.07, 6.45) is 8.47. The zero-order valence-corrected chi connectivity index (χ0v) is 16.1. The zero-order chi connectivity index (χ0) is 17.9. The first-order valence-electron chi connectivity index (χ1n) is 9.51. The molecular formula is C23H25NOS. The summed E-state index contributed by atoms with van der Waals surface area (Å²) in [5.41, 5.74) is 7.15. The van der Waals surface area contributed by atoms with E-state index in [1.165, 1.54) is 27.1 Å². The van der Waals surface area contributed by atoms with Crippen LogP contribution in [-0.4, -0.2) is 30.3 Å². The first-order chi connectivity index (χ1) is 12.7. The lowest BCUT2D eigenvalue weighted by atomic mass is 9.87. The van der Waals surface area contributed by atoms with Crippen LogP contribution in [0.5, 0.6) is 0 Å². The number of carbonyl (C=O) groups excluding carboxylic acids is 1. The second-order valence-electron chi connectivity index (χ2n) is 7.24. The number of nitrogens with zero attached hydrogens (tertiary/aromatic N) is 1. The monoisotopic (exact) mass is 363 g/mol. The highest BCUT2D eigenvalue weighted by Crippen LogP contribution is 2.40. The molecule has 1 aliphatic carbocycles. The Bertz CT molecular complexity index is 864. The van der Waals surface area contributed by atoms with Crippen molar-refractivity contribution in [3.8, 4) is 0 Å². The van der Waals surface area contributed by atoms with Crippen molar-refractivity contribution in [1.29, 1.82) is 0 Å². The summed E-state index contributed by atoms with van der Waals surface area (Å²) in [4.78, 5) is 15.0. The molecule has 2 aromatic rings. The predicted molar refractivity (Wildman–Crippen MR) is 111 cm³/mol. The Morgan fingerprint density at radius 3 is 2.69 bits per heavy atom. The minimum atomic E-state index is 0.303. The van der Waals surface area contributed by atoms with Crippen molar-refractivity contribution in [2.75, 3.05) is 19.6 Å². The summed E-state index contributed by atoms with van der Waals surface area (Å²) in [5.74, 6) is 0.303. The number of benzene rings is 1. The number of Topliss-reactive ketones (excluding diaryl/α,β-unsaturated/α-hetero) is 1. The molecule has 1 fully saturated rings. The fourth-order valence-electron chi connectivity index (χ4n) is 4.07. The quantitative estimate of drug-likeness (QED) is 0.610. The Morgan fingerprint density at radius 1 is 1.08 bits per heavy atom. The predicted octanol–water partition coefficient (Wildman–Crippen LogP) is 5.50. The molecule has 0 bridgehead atoms. The molecule has 2 nitrogen and oxygen atoms in total.